The normalized spacial score (nSPS) is 10.4. The van der Waals surface area contributed by atoms with Crippen molar-refractivity contribution in [2.75, 3.05) is 5.32 Å². The number of anilines is 1. The Morgan fingerprint density at radius 1 is 1.06 bits per heavy atom. The Bertz CT molecular complexity index is 555. The Kier molecular flexibility index (Phi) is 4.49. The van der Waals surface area contributed by atoms with Gasteiger partial charge in [-0.3, -0.25) is 0 Å². The molecule has 0 amide bonds. The van der Waals surface area contributed by atoms with Crippen molar-refractivity contribution < 1.29 is 4.39 Å². The second kappa shape index (κ2) is 5.91. The Labute approximate surface area is 123 Å². The van der Waals surface area contributed by atoms with Gasteiger partial charge in [-0.25, -0.2) is 4.39 Å². The number of rotatable bonds is 3. The summed E-state index contributed by atoms with van der Waals surface area (Å²) in [6.07, 6.45) is 0. The highest BCUT2D eigenvalue weighted by molar-refractivity contribution is 9.10. The van der Waals surface area contributed by atoms with Crippen molar-refractivity contribution in [2.24, 2.45) is 0 Å². The van der Waals surface area contributed by atoms with Gasteiger partial charge in [-0.2, -0.15) is 0 Å². The highest BCUT2D eigenvalue weighted by Crippen LogP contribution is 2.26. The van der Waals surface area contributed by atoms with Gasteiger partial charge in [-0.05, 0) is 57.9 Å². The molecule has 0 aliphatic rings. The minimum atomic E-state index is -0.338. The molecule has 0 aromatic heterocycles. The fourth-order valence-corrected chi connectivity index (χ4v) is 2.61. The first kappa shape index (κ1) is 13.7. The van der Waals surface area contributed by atoms with Crippen molar-refractivity contribution in [1.82, 2.24) is 0 Å². The summed E-state index contributed by atoms with van der Waals surface area (Å²) in [4.78, 5) is 0. The Morgan fingerprint density at radius 2 is 1.83 bits per heavy atom. The van der Waals surface area contributed by atoms with Gasteiger partial charge in [0.2, 0.25) is 0 Å². The monoisotopic (exact) mass is 347 g/mol. The fourth-order valence-electron chi connectivity index (χ4n) is 1.54. The molecule has 1 N–H and O–H groups in total. The van der Waals surface area contributed by atoms with Gasteiger partial charge in [0, 0.05) is 26.8 Å². The first-order chi connectivity index (χ1) is 8.54. The van der Waals surface area contributed by atoms with E-state index in [9.17, 15) is 4.39 Å². The van der Waals surface area contributed by atoms with Crippen LogP contribution in [0, 0.1) is 5.82 Å². The van der Waals surface area contributed by atoms with Gasteiger partial charge < -0.3 is 5.32 Å². The van der Waals surface area contributed by atoms with Crippen molar-refractivity contribution in [3.05, 3.63) is 62.3 Å². The van der Waals surface area contributed by atoms with E-state index in [1.807, 2.05) is 6.07 Å². The smallest absolute Gasteiger partial charge is 0.125 e. The number of benzene rings is 2. The molecule has 5 heteroatoms. The summed E-state index contributed by atoms with van der Waals surface area (Å²) in [5.41, 5.74) is 1.67. The maximum Gasteiger partial charge on any atom is 0.125 e. The fraction of sp³-hybridized carbons (Fsp3) is 0.0769. The minimum absolute atomic E-state index is 0.338. The average molecular weight is 349 g/mol. The van der Waals surface area contributed by atoms with Crippen molar-refractivity contribution in [1.29, 1.82) is 0 Å². The number of nitrogens with one attached hydrogen (secondary N) is 1. The highest BCUT2D eigenvalue weighted by Gasteiger charge is 2.02. The SMILES string of the molecule is Fc1cc(Cl)cc(CNc2ccc(Cl)cc2Br)c1. The van der Waals surface area contributed by atoms with Gasteiger partial charge in [0.15, 0.2) is 0 Å². The van der Waals surface area contributed by atoms with Gasteiger partial charge in [0.25, 0.3) is 0 Å². The third kappa shape index (κ3) is 3.61. The molecule has 0 radical (unpaired) electrons. The predicted molar refractivity (Wildman–Crippen MR) is 77.9 cm³/mol. The zero-order valence-corrected chi connectivity index (χ0v) is 12.3. The van der Waals surface area contributed by atoms with Crippen molar-refractivity contribution in [3.63, 3.8) is 0 Å². The molecule has 0 unspecified atom stereocenters. The summed E-state index contributed by atoms with van der Waals surface area (Å²) in [7, 11) is 0. The summed E-state index contributed by atoms with van der Waals surface area (Å²) in [5.74, 6) is -0.338. The number of hydrogen-bond donors (Lipinski definition) is 1. The summed E-state index contributed by atoms with van der Waals surface area (Å²) in [5, 5.41) is 4.22. The van der Waals surface area contributed by atoms with Crippen LogP contribution >= 0.6 is 39.1 Å². The molecule has 2 rings (SSSR count). The number of halogens is 4. The molecule has 2 aromatic rings. The van der Waals surface area contributed by atoms with E-state index in [1.165, 1.54) is 12.1 Å². The lowest BCUT2D eigenvalue weighted by atomic mass is 10.2. The van der Waals surface area contributed by atoms with E-state index in [4.69, 9.17) is 23.2 Å². The summed E-state index contributed by atoms with van der Waals surface area (Å²) < 4.78 is 14.0. The molecule has 0 fully saturated rings. The second-order valence-corrected chi connectivity index (χ2v) is 5.48. The Morgan fingerprint density at radius 3 is 2.50 bits per heavy atom. The summed E-state index contributed by atoms with van der Waals surface area (Å²) in [6, 6.07) is 9.89. The van der Waals surface area contributed by atoms with E-state index in [2.05, 4.69) is 21.2 Å². The molecule has 18 heavy (non-hydrogen) atoms. The zero-order chi connectivity index (χ0) is 13.1. The lowest BCUT2D eigenvalue weighted by Gasteiger charge is -2.09. The van der Waals surface area contributed by atoms with E-state index in [0.717, 1.165) is 15.7 Å². The molecule has 0 saturated carbocycles. The van der Waals surface area contributed by atoms with E-state index in [0.29, 0.717) is 16.6 Å². The van der Waals surface area contributed by atoms with E-state index >= 15 is 0 Å². The van der Waals surface area contributed by atoms with Crippen LogP contribution in [0.15, 0.2) is 40.9 Å². The van der Waals surface area contributed by atoms with Crippen molar-refractivity contribution in [2.45, 2.75) is 6.54 Å². The lowest BCUT2D eigenvalue weighted by Crippen LogP contribution is -2.00. The Hall–Kier alpha value is -0.770. The van der Waals surface area contributed by atoms with Crippen molar-refractivity contribution >= 4 is 44.8 Å². The molecular weight excluding hydrogens is 340 g/mol. The molecule has 0 heterocycles. The van der Waals surface area contributed by atoms with Crippen LogP contribution in [-0.4, -0.2) is 0 Å². The van der Waals surface area contributed by atoms with Gasteiger partial charge >= 0.3 is 0 Å². The van der Waals surface area contributed by atoms with Crippen LogP contribution in [0.5, 0.6) is 0 Å². The maximum absolute atomic E-state index is 13.1. The minimum Gasteiger partial charge on any atom is -0.380 e. The van der Waals surface area contributed by atoms with Gasteiger partial charge in [-0.1, -0.05) is 23.2 Å². The quantitative estimate of drug-likeness (QED) is 0.771. The Balaban J connectivity index is 2.11. The van der Waals surface area contributed by atoms with Gasteiger partial charge in [0.05, 0.1) is 0 Å². The second-order valence-electron chi connectivity index (χ2n) is 3.76. The summed E-state index contributed by atoms with van der Waals surface area (Å²) >= 11 is 15.0. The zero-order valence-electron chi connectivity index (χ0n) is 9.18. The predicted octanol–water partition coefficient (Wildman–Crippen LogP) is 5.51. The molecular formula is C13H9BrCl2FN. The molecule has 1 nitrogen and oxygen atoms in total. The van der Waals surface area contributed by atoms with E-state index in [-0.39, 0.29) is 5.82 Å². The third-order valence-corrected chi connectivity index (χ3v) is 3.45. The molecule has 0 saturated heterocycles. The molecule has 0 bridgehead atoms. The first-order valence-corrected chi connectivity index (χ1v) is 6.73. The van der Waals surface area contributed by atoms with Gasteiger partial charge in [-0.15, -0.1) is 0 Å². The molecule has 0 atom stereocenters. The van der Waals surface area contributed by atoms with Crippen LogP contribution in [0.4, 0.5) is 10.1 Å². The van der Waals surface area contributed by atoms with E-state index < -0.39 is 0 Å². The molecule has 0 spiro atoms. The molecule has 0 aliphatic heterocycles. The van der Waals surface area contributed by atoms with Crippen LogP contribution in [0.25, 0.3) is 0 Å². The van der Waals surface area contributed by atoms with Crippen LogP contribution in [0.1, 0.15) is 5.56 Å². The standard InChI is InChI=1S/C13H9BrCl2FN/c14-12-6-9(15)1-2-13(12)18-7-8-3-10(16)5-11(17)4-8/h1-6,18H,7H2. The largest absolute Gasteiger partial charge is 0.380 e. The highest BCUT2D eigenvalue weighted by atomic mass is 79.9. The number of hydrogen-bond acceptors (Lipinski definition) is 1. The van der Waals surface area contributed by atoms with Crippen LogP contribution in [0.3, 0.4) is 0 Å². The summed E-state index contributed by atoms with van der Waals surface area (Å²) in [6.45, 7) is 0.484. The topological polar surface area (TPSA) is 12.0 Å². The van der Waals surface area contributed by atoms with Crippen LogP contribution in [-0.2, 0) is 6.54 Å². The van der Waals surface area contributed by atoms with Crippen LogP contribution in [0.2, 0.25) is 10.0 Å². The molecule has 2 aromatic carbocycles. The van der Waals surface area contributed by atoms with Gasteiger partial charge in [0.1, 0.15) is 5.82 Å². The van der Waals surface area contributed by atoms with Crippen LogP contribution < -0.4 is 5.32 Å². The lowest BCUT2D eigenvalue weighted by molar-refractivity contribution is 0.626. The third-order valence-electron chi connectivity index (χ3n) is 2.34. The average Bonchev–Trinajstić information content (AvgIpc) is 2.26. The van der Waals surface area contributed by atoms with E-state index in [1.54, 1.807) is 18.2 Å². The molecule has 94 valence electrons. The maximum atomic E-state index is 13.1. The van der Waals surface area contributed by atoms with Crippen molar-refractivity contribution in [3.8, 4) is 0 Å². The molecule has 0 aliphatic carbocycles. The first-order valence-electron chi connectivity index (χ1n) is 5.18.